The molecule has 124 valence electrons. The van der Waals surface area contributed by atoms with Gasteiger partial charge in [0.1, 0.15) is 5.75 Å². The molecule has 0 atom stereocenters. The van der Waals surface area contributed by atoms with Crippen LogP contribution in [0.2, 0.25) is 0 Å². The fraction of sp³-hybridized carbons (Fsp3) is 0.500. The third-order valence-electron chi connectivity index (χ3n) is 3.91. The second-order valence-electron chi connectivity index (χ2n) is 6.08. The van der Waals surface area contributed by atoms with Crippen LogP contribution in [0.5, 0.6) is 5.75 Å². The summed E-state index contributed by atoms with van der Waals surface area (Å²) < 4.78 is 13.1. The Morgan fingerprint density at radius 3 is 2.96 bits per heavy atom. The highest BCUT2D eigenvalue weighted by Crippen LogP contribution is 2.37. The number of benzene rings is 1. The summed E-state index contributed by atoms with van der Waals surface area (Å²) in [7, 11) is 0. The van der Waals surface area contributed by atoms with Gasteiger partial charge in [-0.2, -0.15) is 0 Å². The third-order valence-corrected chi connectivity index (χ3v) is 3.91. The van der Waals surface area contributed by atoms with E-state index in [-0.39, 0.29) is 5.91 Å². The minimum atomic E-state index is -0.897. The second-order valence-corrected chi connectivity index (χ2v) is 6.08. The van der Waals surface area contributed by atoms with Gasteiger partial charge in [-0.1, -0.05) is 0 Å². The Kier molecular flexibility index (Phi) is 3.89. The normalized spacial score (nSPS) is 16.0. The predicted molar refractivity (Wildman–Crippen MR) is 88.6 cm³/mol. The van der Waals surface area contributed by atoms with Crippen LogP contribution in [0.15, 0.2) is 12.1 Å². The minimum absolute atomic E-state index is 0.173. The molecule has 0 saturated heterocycles. The average molecular weight is 318 g/mol. The lowest BCUT2D eigenvalue weighted by Gasteiger charge is -2.31. The molecule has 0 unspecified atom stereocenters. The smallest absolute Gasteiger partial charge is 0.268 e. The van der Waals surface area contributed by atoms with E-state index in [2.05, 4.69) is 10.3 Å². The molecule has 1 aliphatic rings. The first kappa shape index (κ1) is 15.6. The molecule has 0 saturated carbocycles. The Bertz CT molecular complexity index is 751. The number of nitrogens with two attached hydrogens (primary N) is 1. The highest BCUT2D eigenvalue weighted by Gasteiger charge is 2.35. The van der Waals surface area contributed by atoms with Crippen molar-refractivity contribution in [3.8, 4) is 5.75 Å². The summed E-state index contributed by atoms with van der Waals surface area (Å²) in [6.07, 6.45) is 0.851. The van der Waals surface area contributed by atoms with Gasteiger partial charge in [-0.05, 0) is 33.3 Å². The fourth-order valence-electron chi connectivity index (χ4n) is 2.65. The van der Waals surface area contributed by atoms with Crippen LogP contribution >= 0.6 is 0 Å². The maximum Gasteiger partial charge on any atom is 0.268 e. The molecule has 0 fully saturated rings. The van der Waals surface area contributed by atoms with Gasteiger partial charge in [-0.15, -0.1) is 0 Å². The lowest BCUT2D eigenvalue weighted by atomic mass is 10.1. The van der Waals surface area contributed by atoms with Crippen molar-refractivity contribution in [2.24, 2.45) is 0 Å². The maximum atomic E-state index is 12.0. The zero-order valence-corrected chi connectivity index (χ0v) is 13.7. The standard InChI is InChI=1S/C16H22N4O3/c1-4-22-7-5-6-20-12-9-13-11(8-10(12)19-15(20)17)18-14(21)16(2,3)23-13/h8-9H,4-7H2,1-3H3,(H2,17,19)(H,18,21). The van der Waals surface area contributed by atoms with E-state index in [0.717, 1.165) is 24.0 Å². The second kappa shape index (κ2) is 5.73. The molecule has 1 aromatic heterocycles. The Morgan fingerprint density at radius 1 is 1.43 bits per heavy atom. The third kappa shape index (κ3) is 2.84. The van der Waals surface area contributed by atoms with Crippen LogP contribution in [0.25, 0.3) is 11.0 Å². The largest absolute Gasteiger partial charge is 0.476 e. The van der Waals surface area contributed by atoms with Crippen molar-refractivity contribution in [2.45, 2.75) is 39.3 Å². The van der Waals surface area contributed by atoms with Gasteiger partial charge in [0.25, 0.3) is 5.91 Å². The number of hydrogen-bond acceptors (Lipinski definition) is 5. The molecule has 23 heavy (non-hydrogen) atoms. The lowest BCUT2D eigenvalue weighted by molar-refractivity contribution is -0.129. The van der Waals surface area contributed by atoms with Crippen molar-refractivity contribution in [3.05, 3.63) is 12.1 Å². The fourth-order valence-corrected chi connectivity index (χ4v) is 2.65. The van der Waals surface area contributed by atoms with E-state index in [9.17, 15) is 4.79 Å². The quantitative estimate of drug-likeness (QED) is 0.824. The van der Waals surface area contributed by atoms with Gasteiger partial charge in [0.05, 0.1) is 16.7 Å². The summed E-state index contributed by atoms with van der Waals surface area (Å²) in [5.41, 5.74) is 7.39. The molecule has 0 radical (unpaired) electrons. The number of rotatable bonds is 5. The highest BCUT2D eigenvalue weighted by atomic mass is 16.5. The molecule has 0 bridgehead atoms. The van der Waals surface area contributed by atoms with E-state index in [1.165, 1.54) is 0 Å². The Morgan fingerprint density at radius 2 is 2.22 bits per heavy atom. The molecule has 7 nitrogen and oxygen atoms in total. The van der Waals surface area contributed by atoms with Crippen molar-refractivity contribution in [1.29, 1.82) is 0 Å². The zero-order chi connectivity index (χ0) is 16.6. The monoisotopic (exact) mass is 318 g/mol. The molecule has 3 N–H and O–H groups in total. The molecule has 2 aromatic rings. The van der Waals surface area contributed by atoms with Crippen molar-refractivity contribution >= 4 is 28.6 Å². The maximum absolute atomic E-state index is 12.0. The van der Waals surface area contributed by atoms with Gasteiger partial charge in [-0.3, -0.25) is 4.79 Å². The van der Waals surface area contributed by atoms with Gasteiger partial charge in [0.15, 0.2) is 5.60 Å². The van der Waals surface area contributed by atoms with Crippen LogP contribution in [-0.2, 0) is 16.1 Å². The number of ether oxygens (including phenoxy) is 2. The molecule has 2 heterocycles. The number of carbonyl (C=O) groups is 1. The number of nitrogens with zero attached hydrogens (tertiary/aromatic N) is 2. The molecule has 3 rings (SSSR count). The summed E-state index contributed by atoms with van der Waals surface area (Å²) >= 11 is 0. The van der Waals surface area contributed by atoms with Crippen LogP contribution in [0.1, 0.15) is 27.2 Å². The SMILES string of the molecule is CCOCCCn1c(N)nc2cc3c(cc21)OC(C)(C)C(=O)N3. The number of nitrogen functional groups attached to an aromatic ring is 1. The Labute approximate surface area is 134 Å². The van der Waals surface area contributed by atoms with Crippen molar-refractivity contribution < 1.29 is 14.3 Å². The first-order chi connectivity index (χ1) is 10.9. The van der Waals surface area contributed by atoms with Gasteiger partial charge in [-0.25, -0.2) is 4.98 Å². The minimum Gasteiger partial charge on any atom is -0.476 e. The number of amides is 1. The Hall–Kier alpha value is -2.28. The number of anilines is 2. The predicted octanol–water partition coefficient (Wildman–Crippen LogP) is 2.15. The molecule has 1 aromatic carbocycles. The molecular formula is C16H22N4O3. The number of aryl methyl sites for hydroxylation is 1. The summed E-state index contributed by atoms with van der Waals surface area (Å²) in [5.74, 6) is 0.908. The van der Waals surface area contributed by atoms with Gasteiger partial charge in [0.2, 0.25) is 5.95 Å². The average Bonchev–Trinajstić information content (AvgIpc) is 2.77. The number of imidazole rings is 1. The van der Waals surface area contributed by atoms with E-state index in [0.29, 0.717) is 30.6 Å². The van der Waals surface area contributed by atoms with Gasteiger partial charge in [0, 0.05) is 25.8 Å². The van der Waals surface area contributed by atoms with E-state index in [4.69, 9.17) is 15.2 Å². The van der Waals surface area contributed by atoms with Crippen LogP contribution in [0, 0.1) is 0 Å². The van der Waals surface area contributed by atoms with E-state index in [1.807, 2.05) is 17.6 Å². The van der Waals surface area contributed by atoms with Gasteiger partial charge < -0.3 is 25.1 Å². The zero-order valence-electron chi connectivity index (χ0n) is 13.7. The molecule has 0 aliphatic carbocycles. The van der Waals surface area contributed by atoms with Crippen LogP contribution in [-0.4, -0.2) is 34.3 Å². The van der Waals surface area contributed by atoms with Crippen LogP contribution in [0.3, 0.4) is 0 Å². The van der Waals surface area contributed by atoms with Crippen molar-refractivity contribution in [1.82, 2.24) is 9.55 Å². The topological polar surface area (TPSA) is 91.4 Å². The van der Waals surface area contributed by atoms with Crippen molar-refractivity contribution in [3.63, 3.8) is 0 Å². The van der Waals surface area contributed by atoms with Crippen molar-refractivity contribution in [2.75, 3.05) is 24.3 Å². The number of carbonyl (C=O) groups excluding carboxylic acids is 1. The molecule has 1 amide bonds. The number of hydrogen-bond donors (Lipinski definition) is 2. The van der Waals surface area contributed by atoms with E-state index >= 15 is 0 Å². The first-order valence-corrected chi connectivity index (χ1v) is 7.80. The van der Waals surface area contributed by atoms with Crippen LogP contribution < -0.4 is 15.8 Å². The number of aromatic nitrogens is 2. The summed E-state index contributed by atoms with van der Waals surface area (Å²) in [5, 5.41) is 2.86. The molecule has 0 spiro atoms. The first-order valence-electron chi connectivity index (χ1n) is 7.80. The molecular weight excluding hydrogens is 296 g/mol. The van der Waals surface area contributed by atoms with E-state index in [1.54, 1.807) is 19.9 Å². The van der Waals surface area contributed by atoms with E-state index < -0.39 is 5.60 Å². The summed E-state index contributed by atoms with van der Waals surface area (Å²) in [4.78, 5) is 16.4. The highest BCUT2D eigenvalue weighted by molar-refractivity contribution is 6.02. The molecule has 1 aliphatic heterocycles. The van der Waals surface area contributed by atoms with Crippen LogP contribution in [0.4, 0.5) is 11.6 Å². The Balaban J connectivity index is 1.95. The summed E-state index contributed by atoms with van der Waals surface area (Å²) in [6, 6.07) is 3.68. The number of nitrogens with one attached hydrogen (secondary N) is 1. The lowest BCUT2D eigenvalue weighted by Crippen LogP contribution is -2.45. The summed E-state index contributed by atoms with van der Waals surface area (Å²) in [6.45, 7) is 7.56. The molecule has 7 heteroatoms. The van der Waals surface area contributed by atoms with Gasteiger partial charge >= 0.3 is 0 Å². The number of fused-ring (bicyclic) bond motifs is 2.